The van der Waals surface area contributed by atoms with Gasteiger partial charge in [0.05, 0.1) is 24.0 Å². The SMILES string of the molecule is CC[C@]12C=CCN(c3ccccc3)C(=O)[C@H]1[C@H]1C(=O)N(CCO)C3C(=O)N(Cc4ccccc4)CC=C[C@@]31O2. The Morgan fingerprint density at radius 1 is 0.872 bits per heavy atom. The Morgan fingerprint density at radius 2 is 1.56 bits per heavy atom. The third kappa shape index (κ3) is 3.85. The molecular formula is C31H33N3O5. The number of aliphatic hydroxyl groups excluding tert-OH is 1. The van der Waals surface area contributed by atoms with Gasteiger partial charge in [0.1, 0.15) is 11.6 Å². The Balaban J connectivity index is 1.45. The molecule has 39 heavy (non-hydrogen) atoms. The van der Waals surface area contributed by atoms with Gasteiger partial charge in [-0.1, -0.05) is 79.8 Å². The predicted octanol–water partition coefficient (Wildman–Crippen LogP) is 2.54. The zero-order valence-electron chi connectivity index (χ0n) is 22.0. The summed E-state index contributed by atoms with van der Waals surface area (Å²) in [6, 6.07) is 18.1. The van der Waals surface area contributed by atoms with E-state index in [1.54, 1.807) is 9.80 Å². The maximum atomic E-state index is 14.4. The molecule has 3 amide bonds. The first-order chi connectivity index (χ1) is 19.0. The van der Waals surface area contributed by atoms with E-state index in [9.17, 15) is 19.5 Å². The van der Waals surface area contributed by atoms with Crippen molar-refractivity contribution in [2.75, 3.05) is 31.1 Å². The van der Waals surface area contributed by atoms with Gasteiger partial charge in [0.15, 0.2) is 0 Å². The molecule has 1 unspecified atom stereocenters. The third-order valence-corrected chi connectivity index (χ3v) is 8.65. The lowest BCUT2D eigenvalue weighted by Gasteiger charge is -2.38. The molecular weight excluding hydrogens is 494 g/mol. The molecule has 8 nitrogen and oxygen atoms in total. The highest BCUT2D eigenvalue weighted by Crippen LogP contribution is 2.58. The molecule has 0 bridgehead atoms. The van der Waals surface area contributed by atoms with Gasteiger partial charge in [-0.25, -0.2) is 0 Å². The summed E-state index contributed by atoms with van der Waals surface area (Å²) in [4.78, 5) is 47.7. The number of ether oxygens (including phenoxy) is 1. The number of aliphatic hydroxyl groups is 1. The number of benzene rings is 2. The van der Waals surface area contributed by atoms with Crippen molar-refractivity contribution in [2.45, 2.75) is 37.1 Å². The number of carbonyl (C=O) groups is 3. The van der Waals surface area contributed by atoms with Crippen molar-refractivity contribution in [3.63, 3.8) is 0 Å². The molecule has 5 atom stereocenters. The van der Waals surface area contributed by atoms with E-state index in [0.717, 1.165) is 11.3 Å². The second-order valence-corrected chi connectivity index (χ2v) is 10.7. The van der Waals surface area contributed by atoms with E-state index in [1.165, 1.54) is 4.90 Å². The van der Waals surface area contributed by atoms with E-state index in [4.69, 9.17) is 4.74 Å². The fraction of sp³-hybridized carbons (Fsp3) is 0.387. The van der Waals surface area contributed by atoms with Crippen molar-refractivity contribution in [1.82, 2.24) is 9.80 Å². The summed E-state index contributed by atoms with van der Waals surface area (Å²) in [5, 5.41) is 9.91. The number of β-amino-alcohol motifs (C(OH)–C–C–N with tert-alkyl or cyclic N) is 1. The highest BCUT2D eigenvalue weighted by molar-refractivity contribution is 6.04. The minimum Gasteiger partial charge on any atom is -0.395 e. The number of nitrogens with zero attached hydrogens (tertiary/aromatic N) is 3. The number of likely N-dealkylation sites (tertiary alicyclic amines) is 1. The van der Waals surface area contributed by atoms with E-state index in [2.05, 4.69) is 0 Å². The highest BCUT2D eigenvalue weighted by Gasteiger charge is 2.75. The number of para-hydroxylation sites is 1. The second-order valence-electron chi connectivity index (χ2n) is 10.7. The van der Waals surface area contributed by atoms with Crippen molar-refractivity contribution in [3.05, 3.63) is 90.5 Å². The number of fused-ring (bicyclic) bond motifs is 2. The summed E-state index contributed by atoms with van der Waals surface area (Å²) < 4.78 is 6.94. The Bertz CT molecular complexity index is 1330. The van der Waals surface area contributed by atoms with Crippen LogP contribution in [0.2, 0.25) is 0 Å². The summed E-state index contributed by atoms with van der Waals surface area (Å²) in [6.07, 6.45) is 8.07. The molecule has 0 aromatic heterocycles. The predicted molar refractivity (Wildman–Crippen MR) is 145 cm³/mol. The Hall–Kier alpha value is -3.75. The number of hydrogen-bond donors (Lipinski definition) is 1. The molecule has 0 aliphatic carbocycles. The van der Waals surface area contributed by atoms with Crippen LogP contribution in [0.3, 0.4) is 0 Å². The molecule has 2 saturated heterocycles. The summed E-state index contributed by atoms with van der Waals surface area (Å²) in [5.41, 5.74) is -0.640. The van der Waals surface area contributed by atoms with Crippen molar-refractivity contribution in [2.24, 2.45) is 11.8 Å². The monoisotopic (exact) mass is 527 g/mol. The molecule has 4 aliphatic heterocycles. The smallest absolute Gasteiger partial charge is 0.249 e. The number of rotatable bonds is 6. The van der Waals surface area contributed by atoms with Gasteiger partial charge in [-0.2, -0.15) is 0 Å². The fourth-order valence-electron chi connectivity index (χ4n) is 6.94. The zero-order chi connectivity index (χ0) is 27.2. The topological polar surface area (TPSA) is 90.4 Å². The van der Waals surface area contributed by atoms with Gasteiger partial charge in [-0.05, 0) is 24.1 Å². The first-order valence-electron chi connectivity index (χ1n) is 13.6. The number of carbonyl (C=O) groups excluding carboxylic acids is 3. The summed E-state index contributed by atoms with van der Waals surface area (Å²) >= 11 is 0. The van der Waals surface area contributed by atoms with Crippen LogP contribution in [0.25, 0.3) is 0 Å². The lowest BCUT2D eigenvalue weighted by Crippen LogP contribution is -2.56. The zero-order valence-corrected chi connectivity index (χ0v) is 22.0. The van der Waals surface area contributed by atoms with Crippen molar-refractivity contribution in [3.8, 4) is 0 Å². The first kappa shape index (κ1) is 25.5. The maximum Gasteiger partial charge on any atom is 0.249 e. The van der Waals surface area contributed by atoms with E-state index in [0.29, 0.717) is 26.1 Å². The van der Waals surface area contributed by atoms with Crippen LogP contribution in [0, 0.1) is 11.8 Å². The van der Waals surface area contributed by atoms with Crippen LogP contribution in [0.5, 0.6) is 0 Å². The van der Waals surface area contributed by atoms with Gasteiger partial charge in [-0.15, -0.1) is 0 Å². The van der Waals surface area contributed by atoms with Crippen LogP contribution in [0.1, 0.15) is 18.9 Å². The van der Waals surface area contributed by atoms with E-state index >= 15 is 0 Å². The van der Waals surface area contributed by atoms with E-state index in [1.807, 2.05) is 91.9 Å². The molecule has 0 radical (unpaired) electrons. The van der Waals surface area contributed by atoms with Crippen LogP contribution < -0.4 is 4.90 Å². The molecule has 4 aliphatic rings. The highest BCUT2D eigenvalue weighted by atomic mass is 16.5. The average Bonchev–Trinajstić information content (AvgIpc) is 3.24. The summed E-state index contributed by atoms with van der Waals surface area (Å²) in [5.74, 6) is -2.48. The Labute approximate surface area is 228 Å². The quantitative estimate of drug-likeness (QED) is 0.584. The lowest BCUT2D eigenvalue weighted by molar-refractivity contribution is -0.152. The van der Waals surface area contributed by atoms with Crippen molar-refractivity contribution in [1.29, 1.82) is 0 Å². The molecule has 6 rings (SSSR count). The van der Waals surface area contributed by atoms with Gasteiger partial charge in [0.25, 0.3) is 0 Å². The maximum absolute atomic E-state index is 14.4. The van der Waals surface area contributed by atoms with Crippen LogP contribution in [0.15, 0.2) is 85.0 Å². The first-order valence-corrected chi connectivity index (χ1v) is 13.6. The van der Waals surface area contributed by atoms with E-state index in [-0.39, 0.29) is 30.9 Å². The standard InChI is InChI=1S/C31H33N3O5/c1-2-30-15-9-18-33(23-13-7-4-8-14-23)27(36)24(30)25-28(37)34(19-20-35)26-29(38)32(17-10-16-31(25,26)39-30)21-22-11-5-3-6-12-22/h3-16,24-26,35H,2,17-21H2,1H3/t24-,25+,26?,30+,31+/m1/s1. The molecule has 202 valence electrons. The molecule has 1 N–H and O–H groups in total. The summed E-state index contributed by atoms with van der Waals surface area (Å²) in [7, 11) is 0. The van der Waals surface area contributed by atoms with Crippen LogP contribution in [0.4, 0.5) is 5.69 Å². The van der Waals surface area contributed by atoms with Crippen molar-refractivity contribution < 1.29 is 24.2 Å². The number of anilines is 1. The fourth-order valence-corrected chi connectivity index (χ4v) is 6.94. The minimum absolute atomic E-state index is 0.0118. The third-order valence-electron chi connectivity index (χ3n) is 8.65. The van der Waals surface area contributed by atoms with Gasteiger partial charge >= 0.3 is 0 Å². The molecule has 2 aromatic rings. The number of hydrogen-bond acceptors (Lipinski definition) is 5. The van der Waals surface area contributed by atoms with Gasteiger partial charge in [0, 0.05) is 31.9 Å². The molecule has 4 heterocycles. The van der Waals surface area contributed by atoms with Crippen LogP contribution >= 0.6 is 0 Å². The van der Waals surface area contributed by atoms with Crippen LogP contribution in [-0.2, 0) is 25.7 Å². The normalized spacial score (nSPS) is 31.7. The molecule has 8 heteroatoms. The van der Waals surface area contributed by atoms with Gasteiger partial charge in [0.2, 0.25) is 17.7 Å². The largest absolute Gasteiger partial charge is 0.395 e. The number of amides is 3. The van der Waals surface area contributed by atoms with Gasteiger partial charge in [-0.3, -0.25) is 14.4 Å². The van der Waals surface area contributed by atoms with E-state index < -0.39 is 29.1 Å². The van der Waals surface area contributed by atoms with Gasteiger partial charge < -0.3 is 24.5 Å². The molecule has 1 spiro atoms. The molecule has 2 aromatic carbocycles. The second kappa shape index (κ2) is 9.77. The Morgan fingerprint density at radius 3 is 2.26 bits per heavy atom. The van der Waals surface area contributed by atoms with Crippen molar-refractivity contribution >= 4 is 23.4 Å². The summed E-state index contributed by atoms with van der Waals surface area (Å²) in [6.45, 7) is 2.74. The Kier molecular flexibility index (Phi) is 6.40. The average molecular weight is 528 g/mol. The minimum atomic E-state index is -1.32. The lowest BCUT2D eigenvalue weighted by atomic mass is 9.73. The molecule has 0 saturated carbocycles. The molecule has 2 fully saturated rings. The van der Waals surface area contributed by atoms with Crippen LogP contribution in [-0.4, -0.2) is 76.1 Å².